The molecule has 1 fully saturated rings. The molecule has 2 atom stereocenters. The van der Waals surface area contributed by atoms with Crippen LogP contribution in [0.1, 0.15) is 36.4 Å². The molecule has 2 aromatic carbocycles. The Kier molecular flexibility index (Phi) is 6.02. The fourth-order valence-corrected chi connectivity index (χ4v) is 3.33. The van der Waals surface area contributed by atoms with Crippen molar-refractivity contribution in [2.24, 2.45) is 5.92 Å². The molecule has 3 nitrogen and oxygen atoms in total. The Labute approximate surface area is 144 Å². The fourth-order valence-electron chi connectivity index (χ4n) is 3.33. The lowest BCUT2D eigenvalue weighted by molar-refractivity contribution is -0.126. The van der Waals surface area contributed by atoms with Gasteiger partial charge in [0.2, 0.25) is 5.91 Å². The molecule has 0 aliphatic carbocycles. The number of carbonyl (C=O) groups excluding carboxylic acids is 1. The Morgan fingerprint density at radius 3 is 2.46 bits per heavy atom. The summed E-state index contributed by atoms with van der Waals surface area (Å²) in [6, 6.07) is 20.9. The molecule has 1 aliphatic rings. The second kappa shape index (κ2) is 8.65. The fraction of sp³-hybridized carbons (Fsp3) is 0.381. The Morgan fingerprint density at radius 1 is 1.08 bits per heavy atom. The second-order valence-corrected chi connectivity index (χ2v) is 6.54. The monoisotopic (exact) mass is 322 g/mol. The van der Waals surface area contributed by atoms with Gasteiger partial charge in [0.1, 0.15) is 0 Å². The third-order valence-corrected chi connectivity index (χ3v) is 4.75. The summed E-state index contributed by atoms with van der Waals surface area (Å²) in [7, 11) is 0. The number of hydrogen-bond acceptors (Lipinski definition) is 2. The average molecular weight is 322 g/mol. The van der Waals surface area contributed by atoms with E-state index < -0.39 is 0 Å². The van der Waals surface area contributed by atoms with Gasteiger partial charge >= 0.3 is 0 Å². The first-order valence-electron chi connectivity index (χ1n) is 8.93. The standard InChI is InChI=1S/C21H26N2O/c24-21(19-12-7-15-22-16-19)23-20(18-10-5-2-6-11-18)14-13-17-8-3-1-4-9-17/h1-6,8-11,19-20,22H,7,12-16H2,(H,23,24). The zero-order valence-corrected chi connectivity index (χ0v) is 14.1. The molecule has 1 amide bonds. The number of rotatable bonds is 6. The van der Waals surface area contributed by atoms with Crippen LogP contribution in [0.15, 0.2) is 60.7 Å². The smallest absolute Gasteiger partial charge is 0.224 e. The van der Waals surface area contributed by atoms with Crippen LogP contribution in [0.4, 0.5) is 0 Å². The van der Waals surface area contributed by atoms with Gasteiger partial charge in [-0.2, -0.15) is 0 Å². The van der Waals surface area contributed by atoms with E-state index in [2.05, 4.69) is 47.0 Å². The Bertz CT molecular complexity index is 621. The van der Waals surface area contributed by atoms with E-state index in [1.165, 1.54) is 11.1 Å². The number of carbonyl (C=O) groups is 1. The van der Waals surface area contributed by atoms with Crippen LogP contribution < -0.4 is 10.6 Å². The Hall–Kier alpha value is -2.13. The van der Waals surface area contributed by atoms with Crippen molar-refractivity contribution in [1.29, 1.82) is 0 Å². The quantitative estimate of drug-likeness (QED) is 0.855. The predicted octanol–water partition coefficient (Wildman–Crippen LogP) is 3.48. The molecule has 0 aromatic heterocycles. The largest absolute Gasteiger partial charge is 0.349 e. The van der Waals surface area contributed by atoms with Gasteiger partial charge in [0.25, 0.3) is 0 Å². The highest BCUT2D eigenvalue weighted by atomic mass is 16.2. The molecule has 2 N–H and O–H groups in total. The van der Waals surface area contributed by atoms with Crippen LogP contribution in [-0.2, 0) is 11.2 Å². The molecule has 0 radical (unpaired) electrons. The molecule has 126 valence electrons. The minimum atomic E-state index is 0.0702. The average Bonchev–Trinajstić information content (AvgIpc) is 2.67. The van der Waals surface area contributed by atoms with Gasteiger partial charge in [-0.1, -0.05) is 60.7 Å². The van der Waals surface area contributed by atoms with Crippen molar-refractivity contribution in [2.75, 3.05) is 13.1 Å². The predicted molar refractivity (Wildman–Crippen MR) is 97.7 cm³/mol. The molecule has 0 bridgehead atoms. The van der Waals surface area contributed by atoms with E-state index in [1.807, 2.05) is 24.3 Å². The van der Waals surface area contributed by atoms with Gasteiger partial charge in [-0.3, -0.25) is 4.79 Å². The highest BCUT2D eigenvalue weighted by Crippen LogP contribution is 2.21. The van der Waals surface area contributed by atoms with Gasteiger partial charge in [-0.05, 0) is 43.4 Å². The number of nitrogens with one attached hydrogen (secondary N) is 2. The molecule has 2 aromatic rings. The van der Waals surface area contributed by atoms with Crippen molar-refractivity contribution in [2.45, 2.75) is 31.7 Å². The van der Waals surface area contributed by atoms with E-state index in [-0.39, 0.29) is 17.9 Å². The van der Waals surface area contributed by atoms with Gasteiger partial charge in [0.05, 0.1) is 12.0 Å². The zero-order chi connectivity index (χ0) is 16.6. The minimum absolute atomic E-state index is 0.0702. The lowest BCUT2D eigenvalue weighted by Crippen LogP contribution is -2.41. The summed E-state index contributed by atoms with van der Waals surface area (Å²) in [6.45, 7) is 1.83. The number of aryl methyl sites for hydroxylation is 1. The number of amides is 1. The van der Waals surface area contributed by atoms with Crippen LogP contribution >= 0.6 is 0 Å². The van der Waals surface area contributed by atoms with Crippen LogP contribution in [0.5, 0.6) is 0 Å². The van der Waals surface area contributed by atoms with Gasteiger partial charge in [-0.15, -0.1) is 0 Å². The van der Waals surface area contributed by atoms with Crippen molar-refractivity contribution in [3.8, 4) is 0 Å². The molecule has 3 rings (SSSR count). The normalized spacial score (nSPS) is 18.8. The van der Waals surface area contributed by atoms with Crippen molar-refractivity contribution < 1.29 is 4.79 Å². The lowest BCUT2D eigenvalue weighted by Gasteiger charge is -2.26. The van der Waals surface area contributed by atoms with Crippen molar-refractivity contribution in [3.63, 3.8) is 0 Å². The van der Waals surface area contributed by atoms with E-state index >= 15 is 0 Å². The molecule has 24 heavy (non-hydrogen) atoms. The van der Waals surface area contributed by atoms with Crippen LogP contribution in [-0.4, -0.2) is 19.0 Å². The van der Waals surface area contributed by atoms with E-state index in [9.17, 15) is 4.79 Å². The van der Waals surface area contributed by atoms with E-state index in [0.717, 1.165) is 38.8 Å². The maximum atomic E-state index is 12.6. The second-order valence-electron chi connectivity index (χ2n) is 6.54. The lowest BCUT2D eigenvalue weighted by atomic mass is 9.95. The zero-order valence-electron chi connectivity index (χ0n) is 14.1. The first-order chi connectivity index (χ1) is 11.8. The van der Waals surface area contributed by atoms with Gasteiger partial charge in [0.15, 0.2) is 0 Å². The number of benzene rings is 2. The summed E-state index contributed by atoms with van der Waals surface area (Å²) in [5.74, 6) is 0.283. The highest BCUT2D eigenvalue weighted by Gasteiger charge is 2.23. The molecule has 3 heteroatoms. The van der Waals surface area contributed by atoms with Crippen LogP contribution in [0, 0.1) is 5.92 Å². The highest BCUT2D eigenvalue weighted by molar-refractivity contribution is 5.79. The molecular weight excluding hydrogens is 296 g/mol. The van der Waals surface area contributed by atoms with Gasteiger partial charge in [-0.25, -0.2) is 0 Å². The SMILES string of the molecule is O=C(NC(CCc1ccccc1)c1ccccc1)C1CCCNC1. The molecule has 0 saturated carbocycles. The summed E-state index contributed by atoms with van der Waals surface area (Å²) < 4.78 is 0. The van der Waals surface area contributed by atoms with Crippen molar-refractivity contribution >= 4 is 5.91 Å². The molecule has 1 saturated heterocycles. The molecule has 1 heterocycles. The van der Waals surface area contributed by atoms with Gasteiger partial charge < -0.3 is 10.6 Å². The Balaban J connectivity index is 1.66. The summed E-state index contributed by atoms with van der Waals surface area (Å²) in [6.07, 6.45) is 3.95. The van der Waals surface area contributed by atoms with Crippen molar-refractivity contribution in [3.05, 3.63) is 71.8 Å². The number of piperidine rings is 1. The summed E-state index contributed by atoms with van der Waals surface area (Å²) >= 11 is 0. The van der Waals surface area contributed by atoms with Crippen LogP contribution in [0.25, 0.3) is 0 Å². The number of hydrogen-bond donors (Lipinski definition) is 2. The molecule has 0 spiro atoms. The van der Waals surface area contributed by atoms with Crippen LogP contribution in [0.3, 0.4) is 0 Å². The topological polar surface area (TPSA) is 41.1 Å². The third-order valence-electron chi connectivity index (χ3n) is 4.75. The maximum Gasteiger partial charge on any atom is 0.224 e. The molecule has 2 unspecified atom stereocenters. The first-order valence-corrected chi connectivity index (χ1v) is 8.93. The molecule has 1 aliphatic heterocycles. The van der Waals surface area contributed by atoms with E-state index in [1.54, 1.807) is 0 Å². The summed E-state index contributed by atoms with van der Waals surface area (Å²) in [5, 5.41) is 6.62. The first kappa shape index (κ1) is 16.7. The minimum Gasteiger partial charge on any atom is -0.349 e. The van der Waals surface area contributed by atoms with Gasteiger partial charge in [0, 0.05) is 6.54 Å². The third kappa shape index (κ3) is 4.68. The molecular formula is C21H26N2O. The maximum absolute atomic E-state index is 12.6. The summed E-state index contributed by atoms with van der Waals surface area (Å²) in [4.78, 5) is 12.6. The van der Waals surface area contributed by atoms with Crippen LogP contribution in [0.2, 0.25) is 0 Å². The van der Waals surface area contributed by atoms with E-state index in [0.29, 0.717) is 0 Å². The van der Waals surface area contributed by atoms with Crippen molar-refractivity contribution in [1.82, 2.24) is 10.6 Å². The summed E-state index contributed by atoms with van der Waals surface area (Å²) in [5.41, 5.74) is 2.50. The Morgan fingerprint density at radius 2 is 1.79 bits per heavy atom. The van der Waals surface area contributed by atoms with E-state index in [4.69, 9.17) is 0 Å².